The third kappa shape index (κ3) is 7.10. The number of hydrogen-bond acceptors (Lipinski definition) is 6. The van der Waals surface area contributed by atoms with Crippen LogP contribution in [0.3, 0.4) is 0 Å². The molecule has 0 amide bonds. The largest absolute Gasteiger partial charge is 0.279 e. The zero-order valence-corrected chi connectivity index (χ0v) is 25.8. The second kappa shape index (κ2) is 14.4. The monoisotopic (exact) mass is 616 g/mol. The van der Waals surface area contributed by atoms with Crippen LogP contribution in [0.1, 0.15) is 22.3 Å². The van der Waals surface area contributed by atoms with Gasteiger partial charge in [0.1, 0.15) is 23.3 Å². The van der Waals surface area contributed by atoms with Gasteiger partial charge in [0.15, 0.2) is 0 Å². The Morgan fingerprint density at radius 1 is 0.292 bits per heavy atom. The predicted molar refractivity (Wildman–Crippen MR) is 192 cm³/mol. The van der Waals surface area contributed by atoms with Crippen molar-refractivity contribution in [3.63, 3.8) is 0 Å². The Bertz CT molecular complexity index is 1960. The Morgan fingerprint density at radius 2 is 0.542 bits per heavy atom. The van der Waals surface area contributed by atoms with Crippen LogP contribution in [0.4, 0.5) is 34.6 Å². The lowest BCUT2D eigenvalue weighted by Crippen LogP contribution is -2.12. The molecule has 7 aromatic rings. The van der Waals surface area contributed by atoms with Crippen molar-refractivity contribution >= 4 is 34.6 Å². The molecule has 0 aliphatic heterocycles. The molecule has 7 rings (SSSR count). The van der Waals surface area contributed by atoms with Gasteiger partial charge in [-0.2, -0.15) is 0 Å². The molecular weight excluding hydrogens is 589 g/mol. The van der Waals surface area contributed by atoms with Gasteiger partial charge in [0.05, 0.1) is 0 Å². The fraction of sp³-hybridized carbons (Fsp3) is 0. The number of anilines is 6. The lowest BCUT2D eigenvalue weighted by Gasteiger charge is -2.22. The maximum Gasteiger partial charge on any atom is 0.138 e. The van der Waals surface area contributed by atoms with Crippen LogP contribution < -0.4 is 9.80 Å². The van der Waals surface area contributed by atoms with E-state index in [-0.39, 0.29) is 0 Å². The first-order valence-electron chi connectivity index (χ1n) is 15.4. The van der Waals surface area contributed by atoms with E-state index in [9.17, 15) is 0 Å². The highest BCUT2D eigenvalue weighted by Gasteiger charge is 2.15. The van der Waals surface area contributed by atoms with Crippen LogP contribution in [0.2, 0.25) is 0 Å². The third-order valence-electron chi connectivity index (χ3n) is 7.35. The Labute approximate surface area is 280 Å². The molecule has 0 atom stereocenters. The molecule has 3 aromatic carbocycles. The van der Waals surface area contributed by atoms with Gasteiger partial charge in [-0.3, -0.25) is 9.80 Å². The van der Waals surface area contributed by atoms with Crippen LogP contribution in [-0.2, 0) is 0 Å². The van der Waals surface area contributed by atoms with E-state index >= 15 is 0 Å². The Morgan fingerprint density at radius 3 is 0.771 bits per heavy atom. The zero-order chi connectivity index (χ0) is 32.4. The number of pyridine rings is 4. The minimum absolute atomic E-state index is 0.795. The topological polar surface area (TPSA) is 58.0 Å². The Balaban J connectivity index is 1.03. The van der Waals surface area contributed by atoms with E-state index < -0.39 is 0 Å². The minimum atomic E-state index is 0.795. The second-order valence-corrected chi connectivity index (χ2v) is 10.6. The van der Waals surface area contributed by atoms with E-state index in [0.29, 0.717) is 0 Å². The van der Waals surface area contributed by atoms with Crippen LogP contribution in [0, 0.1) is 23.7 Å². The zero-order valence-electron chi connectivity index (χ0n) is 25.8. The summed E-state index contributed by atoms with van der Waals surface area (Å²) in [5.74, 6) is 16.3. The van der Waals surface area contributed by atoms with Crippen molar-refractivity contribution in [3.8, 4) is 23.7 Å². The average Bonchev–Trinajstić information content (AvgIpc) is 3.17. The summed E-state index contributed by atoms with van der Waals surface area (Å²) in [6.07, 6.45) is 7.12. The summed E-state index contributed by atoms with van der Waals surface area (Å²) in [7, 11) is 0. The fourth-order valence-corrected chi connectivity index (χ4v) is 5.02. The third-order valence-corrected chi connectivity index (χ3v) is 7.35. The summed E-state index contributed by atoms with van der Waals surface area (Å²) >= 11 is 0. The number of hydrogen-bond donors (Lipinski definition) is 0. The molecule has 0 fully saturated rings. The second-order valence-electron chi connectivity index (χ2n) is 10.6. The molecule has 0 bridgehead atoms. The van der Waals surface area contributed by atoms with E-state index in [1.807, 2.05) is 155 Å². The smallest absolute Gasteiger partial charge is 0.138 e. The van der Waals surface area contributed by atoms with Gasteiger partial charge in [0.2, 0.25) is 0 Å². The molecule has 0 spiro atoms. The molecule has 0 saturated carbocycles. The fourth-order valence-electron chi connectivity index (χ4n) is 5.02. The average molecular weight is 617 g/mol. The van der Waals surface area contributed by atoms with Gasteiger partial charge in [-0.25, -0.2) is 19.9 Å². The van der Waals surface area contributed by atoms with Crippen molar-refractivity contribution in [2.45, 2.75) is 0 Å². The molecule has 4 heterocycles. The predicted octanol–water partition coefficient (Wildman–Crippen LogP) is 9.01. The Kier molecular flexibility index (Phi) is 8.90. The Hall–Kier alpha value is -7.02. The highest BCUT2D eigenvalue weighted by atomic mass is 15.2. The standard InChI is InChI=1S/C42H28N6/c1-5-29-43-39(9-1)47(40-10-2-6-30-44-40)37-25-21-35(22-26-37)19-17-33-13-15-34(16-14-33)18-20-36-23-27-38(28-24-36)48(41-11-3-7-31-45-41)42-12-4-8-32-46-42/h1-16,21-32H. The van der Waals surface area contributed by atoms with Crippen LogP contribution in [-0.4, -0.2) is 19.9 Å². The SMILES string of the molecule is C(#Cc1ccc(N(c2ccccn2)c2ccccn2)cc1)c1ccc(C#Cc2ccc(N(c3ccccn3)c3ccccn3)cc2)cc1. The van der Waals surface area contributed by atoms with Crippen LogP contribution in [0.15, 0.2) is 170 Å². The van der Waals surface area contributed by atoms with Gasteiger partial charge < -0.3 is 0 Å². The molecule has 6 heteroatoms. The first-order valence-corrected chi connectivity index (χ1v) is 15.4. The molecule has 0 aliphatic rings. The molecule has 0 saturated heterocycles. The lowest BCUT2D eigenvalue weighted by atomic mass is 10.1. The van der Waals surface area contributed by atoms with Crippen molar-refractivity contribution < 1.29 is 0 Å². The molecule has 0 unspecified atom stereocenters. The van der Waals surface area contributed by atoms with Crippen molar-refractivity contribution in [2.24, 2.45) is 0 Å². The summed E-state index contributed by atoms with van der Waals surface area (Å²) in [5, 5.41) is 0. The summed E-state index contributed by atoms with van der Waals surface area (Å²) < 4.78 is 0. The van der Waals surface area contributed by atoms with E-state index in [0.717, 1.165) is 56.9 Å². The molecule has 226 valence electrons. The van der Waals surface area contributed by atoms with Gasteiger partial charge in [0, 0.05) is 58.4 Å². The first-order chi connectivity index (χ1) is 23.8. The van der Waals surface area contributed by atoms with Gasteiger partial charge >= 0.3 is 0 Å². The van der Waals surface area contributed by atoms with Crippen molar-refractivity contribution in [3.05, 3.63) is 193 Å². The maximum atomic E-state index is 4.54. The quantitative estimate of drug-likeness (QED) is 0.174. The number of benzene rings is 3. The first kappa shape index (κ1) is 29.7. The number of aromatic nitrogens is 4. The highest BCUT2D eigenvalue weighted by Crippen LogP contribution is 2.32. The summed E-state index contributed by atoms with van der Waals surface area (Å²) in [6.45, 7) is 0. The van der Waals surface area contributed by atoms with Gasteiger partial charge in [0.25, 0.3) is 0 Å². The molecule has 0 aliphatic carbocycles. The molecule has 48 heavy (non-hydrogen) atoms. The van der Waals surface area contributed by atoms with Gasteiger partial charge in [-0.15, -0.1) is 0 Å². The summed E-state index contributed by atoms with van der Waals surface area (Å²) in [6, 6.07) is 47.5. The molecular formula is C42H28N6. The van der Waals surface area contributed by atoms with E-state index in [1.165, 1.54) is 0 Å². The van der Waals surface area contributed by atoms with E-state index in [2.05, 4.69) is 43.6 Å². The highest BCUT2D eigenvalue weighted by molar-refractivity contribution is 5.73. The molecule has 0 radical (unpaired) electrons. The van der Waals surface area contributed by atoms with Gasteiger partial charge in [-0.1, -0.05) is 47.9 Å². The summed E-state index contributed by atoms with van der Waals surface area (Å²) in [4.78, 5) is 22.2. The molecule has 4 aromatic heterocycles. The van der Waals surface area contributed by atoms with E-state index in [4.69, 9.17) is 0 Å². The molecule has 6 nitrogen and oxygen atoms in total. The van der Waals surface area contributed by atoms with Crippen LogP contribution in [0.25, 0.3) is 0 Å². The van der Waals surface area contributed by atoms with Gasteiger partial charge in [-0.05, 0) is 121 Å². The minimum Gasteiger partial charge on any atom is -0.279 e. The van der Waals surface area contributed by atoms with Crippen molar-refractivity contribution in [1.29, 1.82) is 0 Å². The number of rotatable bonds is 6. The van der Waals surface area contributed by atoms with Crippen molar-refractivity contribution in [1.82, 2.24) is 19.9 Å². The molecule has 0 N–H and O–H groups in total. The van der Waals surface area contributed by atoms with Crippen LogP contribution in [0.5, 0.6) is 0 Å². The van der Waals surface area contributed by atoms with E-state index in [1.54, 1.807) is 24.8 Å². The maximum absolute atomic E-state index is 4.54. The van der Waals surface area contributed by atoms with Crippen molar-refractivity contribution in [2.75, 3.05) is 9.80 Å². The normalized spacial score (nSPS) is 10.2. The lowest BCUT2D eigenvalue weighted by molar-refractivity contribution is 1.12. The number of nitrogens with zero attached hydrogens (tertiary/aromatic N) is 6. The summed E-state index contributed by atoms with van der Waals surface area (Å²) in [5.41, 5.74) is 5.57. The van der Waals surface area contributed by atoms with Crippen LogP contribution >= 0.6 is 0 Å².